The molecule has 18 heavy (non-hydrogen) atoms. The van der Waals surface area contributed by atoms with Gasteiger partial charge in [0.2, 0.25) is 0 Å². The Kier molecular flexibility index (Phi) is 4.38. The minimum Gasteiger partial charge on any atom is -0.339 e. The lowest BCUT2D eigenvalue weighted by Crippen LogP contribution is -2.38. The molecule has 0 N–H and O–H groups in total. The molecule has 0 bridgehead atoms. The molecule has 1 saturated carbocycles. The van der Waals surface area contributed by atoms with Gasteiger partial charge >= 0.3 is 0 Å². The summed E-state index contributed by atoms with van der Waals surface area (Å²) in [7, 11) is 1.78. The van der Waals surface area contributed by atoms with Crippen LogP contribution in [-0.4, -0.2) is 23.9 Å². The molecule has 1 aliphatic carbocycles. The molecular formula is C14H17BrFNO. The molecule has 2 rings (SSSR count). The van der Waals surface area contributed by atoms with Crippen LogP contribution in [0.3, 0.4) is 0 Å². The number of hydrogen-bond acceptors (Lipinski definition) is 1. The lowest BCUT2D eigenvalue weighted by Gasteiger charge is -2.31. The van der Waals surface area contributed by atoms with E-state index in [1.807, 2.05) is 0 Å². The normalized spacial score (nSPS) is 16.6. The lowest BCUT2D eigenvalue weighted by atomic mass is 9.94. The van der Waals surface area contributed by atoms with E-state index in [-0.39, 0.29) is 17.5 Å². The number of rotatable bonds is 2. The quantitative estimate of drug-likeness (QED) is 0.808. The summed E-state index contributed by atoms with van der Waals surface area (Å²) in [5.41, 5.74) is 0.150. The van der Waals surface area contributed by atoms with E-state index < -0.39 is 5.82 Å². The topological polar surface area (TPSA) is 20.3 Å². The zero-order chi connectivity index (χ0) is 13.1. The van der Waals surface area contributed by atoms with Crippen LogP contribution in [0.4, 0.5) is 4.39 Å². The molecule has 0 saturated heterocycles. The van der Waals surface area contributed by atoms with Crippen LogP contribution in [-0.2, 0) is 0 Å². The Labute approximate surface area is 115 Å². The SMILES string of the molecule is CN(C(=O)c1cc(Br)ccc1F)C1CCCCC1. The summed E-state index contributed by atoms with van der Waals surface area (Å²) in [4.78, 5) is 14.0. The van der Waals surface area contributed by atoms with Crippen molar-refractivity contribution in [2.45, 2.75) is 38.1 Å². The molecule has 2 nitrogen and oxygen atoms in total. The summed E-state index contributed by atoms with van der Waals surface area (Å²) in [6.45, 7) is 0. The van der Waals surface area contributed by atoms with Crippen LogP contribution < -0.4 is 0 Å². The van der Waals surface area contributed by atoms with Crippen LogP contribution in [0, 0.1) is 5.82 Å². The minimum atomic E-state index is -0.453. The molecule has 1 aromatic carbocycles. The molecule has 0 unspecified atom stereocenters. The zero-order valence-electron chi connectivity index (χ0n) is 10.5. The van der Waals surface area contributed by atoms with Crippen molar-refractivity contribution >= 4 is 21.8 Å². The van der Waals surface area contributed by atoms with E-state index >= 15 is 0 Å². The van der Waals surface area contributed by atoms with Gasteiger partial charge in [0.25, 0.3) is 5.91 Å². The van der Waals surface area contributed by atoms with Gasteiger partial charge in [-0.25, -0.2) is 4.39 Å². The summed E-state index contributed by atoms with van der Waals surface area (Å²) in [6, 6.07) is 4.74. The third-order valence-corrected chi connectivity index (χ3v) is 4.09. The third-order valence-electron chi connectivity index (χ3n) is 3.60. The molecule has 1 aliphatic rings. The average molecular weight is 314 g/mol. The predicted octanol–water partition coefficient (Wildman–Crippen LogP) is 3.99. The number of halogens is 2. The number of nitrogens with zero attached hydrogens (tertiary/aromatic N) is 1. The first-order valence-corrected chi connectivity index (χ1v) is 7.11. The molecule has 1 amide bonds. The second-order valence-electron chi connectivity index (χ2n) is 4.83. The first-order valence-electron chi connectivity index (χ1n) is 6.32. The van der Waals surface area contributed by atoms with E-state index in [1.165, 1.54) is 12.5 Å². The Balaban J connectivity index is 2.16. The summed E-state index contributed by atoms with van der Waals surface area (Å²) in [5, 5.41) is 0. The van der Waals surface area contributed by atoms with Crippen LogP contribution in [0.25, 0.3) is 0 Å². The fourth-order valence-electron chi connectivity index (χ4n) is 2.49. The van der Waals surface area contributed by atoms with Gasteiger partial charge in [-0.2, -0.15) is 0 Å². The number of amides is 1. The van der Waals surface area contributed by atoms with Gasteiger partial charge < -0.3 is 4.90 Å². The van der Waals surface area contributed by atoms with Crippen molar-refractivity contribution in [3.63, 3.8) is 0 Å². The molecule has 1 aromatic rings. The van der Waals surface area contributed by atoms with E-state index in [0.29, 0.717) is 0 Å². The van der Waals surface area contributed by atoms with Gasteiger partial charge in [-0.1, -0.05) is 35.2 Å². The molecule has 0 heterocycles. The molecule has 0 spiro atoms. The second kappa shape index (κ2) is 5.83. The van der Waals surface area contributed by atoms with Crippen molar-refractivity contribution in [2.75, 3.05) is 7.05 Å². The fraction of sp³-hybridized carbons (Fsp3) is 0.500. The molecule has 0 aromatic heterocycles. The van der Waals surface area contributed by atoms with E-state index in [2.05, 4.69) is 15.9 Å². The minimum absolute atomic E-state index is 0.150. The molecule has 98 valence electrons. The Morgan fingerprint density at radius 1 is 1.33 bits per heavy atom. The van der Waals surface area contributed by atoms with E-state index in [0.717, 1.165) is 30.2 Å². The van der Waals surface area contributed by atoms with Gasteiger partial charge in [0.05, 0.1) is 5.56 Å². The highest BCUT2D eigenvalue weighted by Crippen LogP contribution is 2.24. The smallest absolute Gasteiger partial charge is 0.256 e. The first-order chi connectivity index (χ1) is 8.59. The molecule has 0 atom stereocenters. The molecule has 4 heteroatoms. The molecule has 1 fully saturated rings. The standard InChI is InChI=1S/C14H17BrFNO/c1-17(11-5-3-2-4-6-11)14(18)12-9-10(15)7-8-13(12)16/h7-9,11H,2-6H2,1H3. The van der Waals surface area contributed by atoms with Gasteiger partial charge in [-0.05, 0) is 31.0 Å². The Morgan fingerprint density at radius 3 is 2.67 bits per heavy atom. The van der Waals surface area contributed by atoms with Crippen LogP contribution in [0.2, 0.25) is 0 Å². The largest absolute Gasteiger partial charge is 0.339 e. The number of benzene rings is 1. The van der Waals surface area contributed by atoms with Crippen LogP contribution >= 0.6 is 15.9 Å². The number of carbonyl (C=O) groups excluding carboxylic acids is 1. The summed E-state index contributed by atoms with van der Waals surface area (Å²) in [5.74, 6) is -0.674. The fourth-order valence-corrected chi connectivity index (χ4v) is 2.85. The molecule has 0 aliphatic heterocycles. The van der Waals surface area contributed by atoms with Gasteiger partial charge in [0.15, 0.2) is 0 Å². The van der Waals surface area contributed by atoms with Gasteiger partial charge in [-0.3, -0.25) is 4.79 Å². The van der Waals surface area contributed by atoms with E-state index in [4.69, 9.17) is 0 Å². The van der Waals surface area contributed by atoms with Gasteiger partial charge in [0.1, 0.15) is 5.82 Å². The highest BCUT2D eigenvalue weighted by molar-refractivity contribution is 9.10. The zero-order valence-corrected chi connectivity index (χ0v) is 12.0. The Morgan fingerprint density at radius 2 is 2.00 bits per heavy atom. The predicted molar refractivity (Wildman–Crippen MR) is 73.1 cm³/mol. The Hall–Kier alpha value is -0.900. The van der Waals surface area contributed by atoms with Crippen LogP contribution in [0.15, 0.2) is 22.7 Å². The van der Waals surface area contributed by atoms with Gasteiger partial charge in [0, 0.05) is 17.6 Å². The van der Waals surface area contributed by atoms with Crippen molar-refractivity contribution in [1.82, 2.24) is 4.90 Å². The maximum atomic E-state index is 13.7. The maximum Gasteiger partial charge on any atom is 0.256 e. The first kappa shape index (κ1) is 13.5. The monoisotopic (exact) mass is 313 g/mol. The van der Waals surface area contributed by atoms with Gasteiger partial charge in [-0.15, -0.1) is 0 Å². The average Bonchev–Trinajstić information content (AvgIpc) is 2.41. The highest BCUT2D eigenvalue weighted by atomic mass is 79.9. The number of hydrogen-bond donors (Lipinski definition) is 0. The Bertz CT molecular complexity index is 443. The maximum absolute atomic E-state index is 13.7. The van der Waals surface area contributed by atoms with Crippen molar-refractivity contribution < 1.29 is 9.18 Å². The van der Waals surface area contributed by atoms with Crippen molar-refractivity contribution in [3.05, 3.63) is 34.1 Å². The second-order valence-corrected chi connectivity index (χ2v) is 5.75. The lowest BCUT2D eigenvalue weighted by molar-refractivity contribution is 0.0691. The molecular weight excluding hydrogens is 297 g/mol. The van der Waals surface area contributed by atoms with E-state index in [9.17, 15) is 9.18 Å². The summed E-state index contributed by atoms with van der Waals surface area (Å²) < 4.78 is 14.4. The van der Waals surface area contributed by atoms with Crippen LogP contribution in [0.5, 0.6) is 0 Å². The number of carbonyl (C=O) groups is 1. The molecule has 0 radical (unpaired) electrons. The van der Waals surface area contributed by atoms with Crippen molar-refractivity contribution in [1.29, 1.82) is 0 Å². The highest BCUT2D eigenvalue weighted by Gasteiger charge is 2.24. The van der Waals surface area contributed by atoms with Crippen molar-refractivity contribution in [3.8, 4) is 0 Å². The summed E-state index contributed by atoms with van der Waals surface area (Å²) in [6.07, 6.45) is 5.60. The van der Waals surface area contributed by atoms with Crippen molar-refractivity contribution in [2.24, 2.45) is 0 Å². The third kappa shape index (κ3) is 2.91. The summed E-state index contributed by atoms with van der Waals surface area (Å²) >= 11 is 3.27. The van der Waals surface area contributed by atoms with E-state index in [1.54, 1.807) is 24.1 Å². The van der Waals surface area contributed by atoms with Crippen LogP contribution in [0.1, 0.15) is 42.5 Å².